The van der Waals surface area contributed by atoms with Gasteiger partial charge in [-0.3, -0.25) is 9.13 Å². The van der Waals surface area contributed by atoms with E-state index in [4.69, 9.17) is 19.2 Å². The summed E-state index contributed by atoms with van der Waals surface area (Å²) in [7, 11) is 6.60. The molecule has 0 saturated carbocycles. The molecule has 0 bridgehead atoms. The molecule has 0 N–H and O–H groups in total. The zero-order valence-corrected chi connectivity index (χ0v) is 17.8. The zero-order valence-electron chi connectivity index (χ0n) is 17.8. The third kappa shape index (κ3) is 3.26. The first-order valence-corrected chi connectivity index (χ1v) is 9.72. The van der Waals surface area contributed by atoms with Crippen molar-refractivity contribution < 1.29 is 14.2 Å². The maximum absolute atomic E-state index is 13.1. The molecule has 1 aliphatic rings. The van der Waals surface area contributed by atoms with Crippen molar-refractivity contribution in [3.05, 3.63) is 64.0 Å². The van der Waals surface area contributed by atoms with Crippen molar-refractivity contribution in [2.24, 2.45) is 12.0 Å². The minimum Gasteiger partial charge on any atom is -0.497 e. The van der Waals surface area contributed by atoms with E-state index in [2.05, 4.69) is 6.92 Å². The van der Waals surface area contributed by atoms with Crippen LogP contribution < -0.4 is 25.4 Å². The van der Waals surface area contributed by atoms with Gasteiger partial charge in [-0.1, -0.05) is 6.92 Å². The largest absolute Gasteiger partial charge is 0.497 e. The molecule has 0 fully saturated rings. The van der Waals surface area contributed by atoms with Crippen LogP contribution in [-0.2, 0) is 13.6 Å². The number of methoxy groups -OCH3 is 3. The monoisotopic (exact) mass is 407 g/mol. The molecule has 1 unspecified atom stereocenters. The molecule has 1 atom stereocenters. The van der Waals surface area contributed by atoms with Crippen molar-refractivity contribution in [3.63, 3.8) is 0 Å². The van der Waals surface area contributed by atoms with Gasteiger partial charge < -0.3 is 14.2 Å². The summed E-state index contributed by atoms with van der Waals surface area (Å²) < 4.78 is 19.6. The fraction of sp³-hybridized carbons (Fsp3) is 0.304. The molecule has 156 valence electrons. The lowest BCUT2D eigenvalue weighted by molar-refractivity contribution is 0.354. The van der Waals surface area contributed by atoms with Gasteiger partial charge in [0, 0.05) is 31.1 Å². The fourth-order valence-corrected chi connectivity index (χ4v) is 3.87. The molecule has 0 saturated heterocycles. The minimum atomic E-state index is -0.105. The maximum Gasteiger partial charge on any atom is 0.329 e. The van der Waals surface area contributed by atoms with E-state index in [1.165, 1.54) is 0 Å². The molecule has 1 aromatic heterocycles. The van der Waals surface area contributed by atoms with Crippen LogP contribution in [-0.4, -0.2) is 30.5 Å². The Morgan fingerprint density at radius 1 is 0.967 bits per heavy atom. The minimum absolute atomic E-state index is 0.105. The van der Waals surface area contributed by atoms with Gasteiger partial charge in [0.1, 0.15) is 11.2 Å². The lowest BCUT2D eigenvalue weighted by Crippen LogP contribution is -2.41. The molecule has 1 aliphatic heterocycles. The van der Waals surface area contributed by atoms with Gasteiger partial charge in [0.05, 0.1) is 32.7 Å². The van der Waals surface area contributed by atoms with Gasteiger partial charge in [-0.05, 0) is 42.0 Å². The first-order valence-electron chi connectivity index (χ1n) is 9.72. The summed E-state index contributed by atoms with van der Waals surface area (Å²) in [5.74, 6) is 2.23. The highest BCUT2D eigenvalue weighted by Gasteiger charge is 2.26. The Labute approximate surface area is 174 Å². The first kappa shape index (κ1) is 19.8. The molecule has 0 aliphatic carbocycles. The molecule has 7 heteroatoms. The number of aromatic nitrogens is 2. The Balaban J connectivity index is 1.95. The van der Waals surface area contributed by atoms with Gasteiger partial charge in [0.25, 0.3) is 0 Å². The molecule has 2 aromatic carbocycles. The van der Waals surface area contributed by atoms with Crippen molar-refractivity contribution in [2.45, 2.75) is 19.4 Å². The average molecular weight is 407 g/mol. The lowest BCUT2D eigenvalue weighted by Gasteiger charge is -2.28. The quantitative estimate of drug-likeness (QED) is 0.666. The van der Waals surface area contributed by atoms with Crippen LogP contribution in [0.1, 0.15) is 18.4 Å². The van der Waals surface area contributed by atoms with Crippen LogP contribution in [0.3, 0.4) is 0 Å². The van der Waals surface area contributed by atoms with E-state index in [9.17, 15) is 4.79 Å². The van der Waals surface area contributed by atoms with E-state index in [0.717, 1.165) is 28.3 Å². The third-order valence-electron chi connectivity index (χ3n) is 5.55. The Morgan fingerprint density at radius 3 is 2.27 bits per heavy atom. The van der Waals surface area contributed by atoms with Gasteiger partial charge in [-0.2, -0.15) is 0 Å². The number of rotatable bonds is 4. The van der Waals surface area contributed by atoms with Crippen molar-refractivity contribution in [2.75, 3.05) is 21.3 Å². The average Bonchev–Trinajstić information content (AvgIpc) is 2.77. The molecule has 0 radical (unpaired) electrons. The topological polar surface area (TPSA) is 67.0 Å². The van der Waals surface area contributed by atoms with Crippen molar-refractivity contribution in [1.29, 1.82) is 0 Å². The summed E-state index contributed by atoms with van der Waals surface area (Å²) >= 11 is 0. The Morgan fingerprint density at radius 2 is 1.63 bits per heavy atom. The smallest absolute Gasteiger partial charge is 0.329 e. The van der Waals surface area contributed by atoms with E-state index < -0.39 is 0 Å². The summed E-state index contributed by atoms with van der Waals surface area (Å²) in [5.41, 5.74) is 4.11. The molecular formula is C23H25N3O4. The maximum atomic E-state index is 13.1. The summed E-state index contributed by atoms with van der Waals surface area (Å²) in [4.78, 5) is 17.8. The molecule has 30 heavy (non-hydrogen) atoms. The van der Waals surface area contributed by atoms with Gasteiger partial charge >= 0.3 is 5.69 Å². The van der Waals surface area contributed by atoms with Crippen molar-refractivity contribution in [1.82, 2.24) is 9.13 Å². The molecule has 4 rings (SSSR count). The van der Waals surface area contributed by atoms with Crippen LogP contribution >= 0.6 is 0 Å². The van der Waals surface area contributed by atoms with Gasteiger partial charge in [0.15, 0.2) is 11.5 Å². The van der Waals surface area contributed by atoms with Gasteiger partial charge in [-0.25, -0.2) is 9.79 Å². The SMILES string of the molecule is COc1ccc(N=c2cc3n(c(=O)n2C)CC(C)c2cc(OC)c(OC)cc2-3)cc1. The molecule has 0 amide bonds. The second-order valence-corrected chi connectivity index (χ2v) is 7.35. The van der Waals surface area contributed by atoms with Crippen LogP contribution in [0.2, 0.25) is 0 Å². The number of benzene rings is 2. The van der Waals surface area contributed by atoms with E-state index in [0.29, 0.717) is 23.5 Å². The normalized spacial score (nSPS) is 15.4. The standard InChI is InChI=1S/C23H25N3O4/c1-14-13-26-19(18-11-21(30-5)20(29-4)10-17(14)18)12-22(25(2)23(26)27)24-15-6-8-16(28-3)9-7-15/h6-12,14H,13H2,1-5H3. The highest BCUT2D eigenvalue weighted by atomic mass is 16.5. The van der Waals surface area contributed by atoms with Crippen molar-refractivity contribution in [3.8, 4) is 28.5 Å². The van der Waals surface area contributed by atoms with E-state index >= 15 is 0 Å². The van der Waals surface area contributed by atoms with Crippen LogP contribution in [0.4, 0.5) is 5.69 Å². The molecule has 2 heterocycles. The Hall–Kier alpha value is -3.48. The van der Waals surface area contributed by atoms with Crippen LogP contribution in [0, 0.1) is 0 Å². The second kappa shape index (κ2) is 7.74. The Bertz CT molecular complexity index is 1220. The summed E-state index contributed by atoms with van der Waals surface area (Å²) in [6.07, 6.45) is 0. The van der Waals surface area contributed by atoms with E-state index in [-0.39, 0.29) is 11.6 Å². The van der Waals surface area contributed by atoms with Crippen LogP contribution in [0.5, 0.6) is 17.2 Å². The number of hydrogen-bond donors (Lipinski definition) is 0. The van der Waals surface area contributed by atoms with E-state index in [1.54, 1.807) is 37.5 Å². The summed E-state index contributed by atoms with van der Waals surface area (Å²) in [6.45, 7) is 2.70. The van der Waals surface area contributed by atoms with Gasteiger partial charge in [-0.15, -0.1) is 0 Å². The number of hydrogen-bond acceptors (Lipinski definition) is 5. The van der Waals surface area contributed by atoms with Crippen LogP contribution in [0.25, 0.3) is 11.3 Å². The highest BCUT2D eigenvalue weighted by Crippen LogP contribution is 2.41. The van der Waals surface area contributed by atoms with Crippen molar-refractivity contribution >= 4 is 5.69 Å². The summed E-state index contributed by atoms with van der Waals surface area (Å²) in [6, 6.07) is 13.3. The number of ether oxygens (including phenoxy) is 3. The molecule has 3 aromatic rings. The second-order valence-electron chi connectivity index (χ2n) is 7.35. The number of fused-ring (bicyclic) bond motifs is 3. The van der Waals surface area contributed by atoms with E-state index in [1.807, 2.05) is 42.5 Å². The fourth-order valence-electron chi connectivity index (χ4n) is 3.87. The predicted molar refractivity (Wildman–Crippen MR) is 115 cm³/mol. The molecule has 7 nitrogen and oxygen atoms in total. The third-order valence-corrected chi connectivity index (χ3v) is 5.55. The predicted octanol–water partition coefficient (Wildman–Crippen LogP) is 3.23. The Kier molecular flexibility index (Phi) is 5.11. The first-order chi connectivity index (χ1) is 14.5. The highest BCUT2D eigenvalue weighted by molar-refractivity contribution is 5.71. The van der Waals surface area contributed by atoms with Crippen LogP contribution in [0.15, 0.2) is 52.3 Å². The number of nitrogens with zero attached hydrogens (tertiary/aromatic N) is 3. The molecular weight excluding hydrogens is 382 g/mol. The molecule has 0 spiro atoms. The van der Waals surface area contributed by atoms with Gasteiger partial charge in [0.2, 0.25) is 0 Å². The zero-order chi connectivity index (χ0) is 21.4. The lowest BCUT2D eigenvalue weighted by atomic mass is 9.89. The summed E-state index contributed by atoms with van der Waals surface area (Å²) in [5, 5.41) is 0.